The van der Waals surface area contributed by atoms with Crippen molar-refractivity contribution >= 4 is 23.4 Å². The molecule has 1 aromatic carbocycles. The van der Waals surface area contributed by atoms with Crippen LogP contribution in [0, 0.1) is 11.3 Å². The second kappa shape index (κ2) is 6.31. The van der Waals surface area contributed by atoms with Crippen LogP contribution in [0.1, 0.15) is 24.4 Å². The van der Waals surface area contributed by atoms with Crippen molar-refractivity contribution in [3.05, 3.63) is 40.8 Å². The monoisotopic (exact) mass is 307 g/mol. The van der Waals surface area contributed by atoms with E-state index in [-0.39, 0.29) is 12.5 Å². The summed E-state index contributed by atoms with van der Waals surface area (Å²) in [5.41, 5.74) is 0.684. The Labute approximate surface area is 127 Å². The van der Waals surface area contributed by atoms with Gasteiger partial charge in [-0.15, -0.1) is 0 Å². The van der Waals surface area contributed by atoms with Crippen LogP contribution in [0.4, 0.5) is 0 Å². The quantitative estimate of drug-likeness (QED) is 0.941. The normalized spacial score (nSPS) is 12.2. The maximum absolute atomic E-state index is 9.32. The molecule has 0 spiro atoms. The van der Waals surface area contributed by atoms with Crippen LogP contribution >= 0.6 is 23.4 Å². The van der Waals surface area contributed by atoms with Crippen molar-refractivity contribution in [3.8, 4) is 6.07 Å². The van der Waals surface area contributed by atoms with Gasteiger partial charge in [0.2, 0.25) is 0 Å². The number of aromatic nitrogens is 2. The lowest BCUT2D eigenvalue weighted by molar-refractivity contribution is 0.266. The van der Waals surface area contributed by atoms with Gasteiger partial charge in [-0.3, -0.25) is 0 Å². The first-order valence-corrected chi connectivity index (χ1v) is 7.25. The fraction of sp³-hybridized carbons (Fsp3) is 0.286. The molecule has 4 nitrogen and oxygen atoms in total. The molecule has 0 aliphatic rings. The van der Waals surface area contributed by atoms with Gasteiger partial charge < -0.3 is 9.67 Å². The Morgan fingerprint density at radius 2 is 2.30 bits per heavy atom. The van der Waals surface area contributed by atoms with Crippen LogP contribution in [0.3, 0.4) is 0 Å². The molecule has 2 rings (SSSR count). The summed E-state index contributed by atoms with van der Waals surface area (Å²) >= 11 is 7.47. The van der Waals surface area contributed by atoms with Crippen molar-refractivity contribution in [2.75, 3.05) is 0 Å². The Bertz CT molecular complexity index is 663. The zero-order chi connectivity index (χ0) is 14.7. The minimum absolute atomic E-state index is 0.155. The number of hydrogen-bond donors (Lipinski definition) is 1. The molecular weight excluding hydrogens is 294 g/mol. The Morgan fingerprint density at radius 1 is 1.55 bits per heavy atom. The molecule has 1 N–H and O–H groups in total. The van der Waals surface area contributed by atoms with Gasteiger partial charge in [0.25, 0.3) is 0 Å². The zero-order valence-corrected chi connectivity index (χ0v) is 12.7. The van der Waals surface area contributed by atoms with E-state index >= 15 is 0 Å². The lowest BCUT2D eigenvalue weighted by Gasteiger charge is -2.07. The van der Waals surface area contributed by atoms with Crippen molar-refractivity contribution in [1.82, 2.24) is 9.55 Å². The number of aliphatic hydroxyl groups excluding tert-OH is 1. The topological polar surface area (TPSA) is 61.8 Å². The van der Waals surface area contributed by atoms with E-state index in [9.17, 15) is 5.11 Å². The summed E-state index contributed by atoms with van der Waals surface area (Å²) in [4.78, 5) is 5.32. The highest BCUT2D eigenvalue weighted by atomic mass is 35.5. The number of imidazole rings is 1. The molecule has 0 aliphatic carbocycles. The van der Waals surface area contributed by atoms with Crippen LogP contribution in [0.5, 0.6) is 0 Å². The van der Waals surface area contributed by atoms with Crippen molar-refractivity contribution in [2.24, 2.45) is 7.05 Å². The van der Waals surface area contributed by atoms with Gasteiger partial charge in [-0.25, -0.2) is 4.98 Å². The molecule has 6 heteroatoms. The van der Waals surface area contributed by atoms with E-state index < -0.39 is 0 Å². The van der Waals surface area contributed by atoms with Crippen LogP contribution in [0.25, 0.3) is 0 Å². The number of nitrogens with zero attached hydrogens (tertiary/aromatic N) is 3. The van der Waals surface area contributed by atoms with Crippen LogP contribution in [0.15, 0.2) is 34.2 Å². The number of aliphatic hydroxyl groups is 1. The summed E-state index contributed by atoms with van der Waals surface area (Å²) in [7, 11) is 1.83. The van der Waals surface area contributed by atoms with Gasteiger partial charge in [0.15, 0.2) is 0 Å². The van der Waals surface area contributed by atoms with Crippen molar-refractivity contribution in [2.45, 2.75) is 29.4 Å². The van der Waals surface area contributed by atoms with Gasteiger partial charge in [0.1, 0.15) is 17.5 Å². The standard InChI is InChI=1S/C14H14ClN3OS/c1-9(7-16)13-14(18(2)12(8-19)17-13)20-11-5-3-4-10(15)6-11/h3-6,9,19H,8H2,1-2H3. The van der Waals surface area contributed by atoms with E-state index in [0.717, 1.165) is 9.92 Å². The molecule has 1 unspecified atom stereocenters. The van der Waals surface area contributed by atoms with Gasteiger partial charge in [-0.1, -0.05) is 29.4 Å². The summed E-state index contributed by atoms with van der Waals surface area (Å²) < 4.78 is 1.81. The lowest BCUT2D eigenvalue weighted by Crippen LogP contribution is -1.98. The number of rotatable bonds is 4. The third kappa shape index (κ3) is 2.98. The van der Waals surface area contributed by atoms with Crippen molar-refractivity contribution in [3.63, 3.8) is 0 Å². The van der Waals surface area contributed by atoms with Crippen LogP contribution in [0.2, 0.25) is 5.02 Å². The zero-order valence-electron chi connectivity index (χ0n) is 11.2. The summed E-state index contributed by atoms with van der Waals surface area (Å²) in [5, 5.41) is 19.9. The van der Waals surface area contributed by atoms with E-state index in [1.807, 2.05) is 35.9 Å². The molecule has 0 saturated heterocycles. The second-order valence-corrected chi connectivity index (χ2v) is 5.84. The maximum atomic E-state index is 9.32. The largest absolute Gasteiger partial charge is 0.388 e. The molecule has 0 bridgehead atoms. The van der Waals surface area contributed by atoms with Gasteiger partial charge >= 0.3 is 0 Å². The molecule has 0 aliphatic heterocycles. The van der Waals surface area contributed by atoms with Crippen LogP contribution in [-0.2, 0) is 13.7 Å². The van der Waals surface area contributed by atoms with E-state index in [1.165, 1.54) is 11.8 Å². The minimum Gasteiger partial charge on any atom is -0.388 e. The lowest BCUT2D eigenvalue weighted by atomic mass is 10.1. The van der Waals surface area contributed by atoms with E-state index in [1.54, 1.807) is 6.92 Å². The van der Waals surface area contributed by atoms with Crippen molar-refractivity contribution < 1.29 is 5.11 Å². The fourth-order valence-electron chi connectivity index (χ4n) is 1.80. The first-order chi connectivity index (χ1) is 9.56. The van der Waals surface area contributed by atoms with Gasteiger partial charge in [0.05, 0.1) is 17.7 Å². The van der Waals surface area contributed by atoms with Gasteiger partial charge in [-0.2, -0.15) is 5.26 Å². The number of nitriles is 1. The summed E-state index contributed by atoms with van der Waals surface area (Å²) in [6.45, 7) is 1.64. The number of halogens is 1. The van der Waals surface area contributed by atoms with Crippen LogP contribution in [-0.4, -0.2) is 14.7 Å². The predicted octanol–water partition coefficient (Wildman–Crippen LogP) is 3.34. The first-order valence-electron chi connectivity index (χ1n) is 6.06. The van der Waals surface area contributed by atoms with E-state index in [4.69, 9.17) is 16.9 Å². The third-order valence-corrected chi connectivity index (χ3v) is 4.32. The second-order valence-electron chi connectivity index (χ2n) is 4.35. The predicted molar refractivity (Wildman–Crippen MR) is 78.7 cm³/mol. The Morgan fingerprint density at radius 3 is 2.90 bits per heavy atom. The molecule has 1 atom stereocenters. The van der Waals surface area contributed by atoms with Crippen molar-refractivity contribution in [1.29, 1.82) is 5.26 Å². The van der Waals surface area contributed by atoms with Gasteiger partial charge in [-0.05, 0) is 25.1 Å². The van der Waals surface area contributed by atoms with Crippen LogP contribution < -0.4 is 0 Å². The number of benzene rings is 1. The third-order valence-electron chi connectivity index (χ3n) is 2.92. The highest BCUT2D eigenvalue weighted by Gasteiger charge is 2.20. The molecule has 0 saturated carbocycles. The molecule has 0 radical (unpaired) electrons. The molecule has 2 aromatic rings. The smallest absolute Gasteiger partial charge is 0.135 e. The summed E-state index contributed by atoms with van der Waals surface area (Å²) in [6, 6.07) is 9.68. The highest BCUT2D eigenvalue weighted by Crippen LogP contribution is 2.35. The number of hydrogen-bond acceptors (Lipinski definition) is 4. The van der Waals surface area contributed by atoms with Gasteiger partial charge in [0, 0.05) is 17.0 Å². The molecular formula is C14H14ClN3OS. The fourth-order valence-corrected chi connectivity index (χ4v) is 3.18. The minimum atomic E-state index is -0.330. The molecule has 20 heavy (non-hydrogen) atoms. The SMILES string of the molecule is CC(C#N)c1nc(CO)n(C)c1Sc1cccc(Cl)c1. The summed E-state index contributed by atoms with van der Waals surface area (Å²) in [6.07, 6.45) is 0. The first kappa shape index (κ1) is 14.9. The molecule has 0 amide bonds. The molecule has 1 heterocycles. The molecule has 0 fully saturated rings. The Balaban J connectivity index is 2.44. The van der Waals surface area contributed by atoms with E-state index in [2.05, 4.69) is 11.1 Å². The van der Waals surface area contributed by atoms with E-state index in [0.29, 0.717) is 16.5 Å². The molecule has 104 valence electrons. The average Bonchev–Trinajstić information content (AvgIpc) is 2.75. The molecule has 1 aromatic heterocycles. The maximum Gasteiger partial charge on any atom is 0.135 e. The average molecular weight is 308 g/mol. The Hall–Kier alpha value is -1.48. The highest BCUT2D eigenvalue weighted by molar-refractivity contribution is 7.99. The summed E-state index contributed by atoms with van der Waals surface area (Å²) in [5.74, 6) is 0.217. The Kier molecular flexibility index (Phi) is 4.71.